The lowest BCUT2D eigenvalue weighted by atomic mass is 9.99. The third-order valence-electron chi connectivity index (χ3n) is 7.46. The number of anilines is 1. The highest BCUT2D eigenvalue weighted by molar-refractivity contribution is 6.04. The minimum Gasteiger partial charge on any atom is -0.459 e. The first-order chi connectivity index (χ1) is 20.2. The normalized spacial score (nSPS) is 23.0. The molecule has 1 amide bonds. The number of amides is 1. The zero-order valence-corrected chi connectivity index (χ0v) is 24.4. The lowest BCUT2D eigenvalue weighted by Gasteiger charge is -2.38. The van der Waals surface area contributed by atoms with Crippen molar-refractivity contribution in [1.29, 1.82) is 0 Å². The fourth-order valence-electron chi connectivity index (χ4n) is 5.40. The number of carbonyl (C=O) groups excluding carboxylic acids is 2. The van der Waals surface area contributed by atoms with Crippen LogP contribution in [-0.4, -0.2) is 57.7 Å². The molecule has 2 saturated heterocycles. The predicted octanol–water partition coefficient (Wildman–Crippen LogP) is 5.18. The number of aliphatic hydroxyl groups excluding tert-OH is 1. The molecule has 4 atom stereocenters. The summed E-state index contributed by atoms with van der Waals surface area (Å²) in [6.07, 6.45) is 4.37. The summed E-state index contributed by atoms with van der Waals surface area (Å²) in [7, 11) is 0. The Hall–Kier alpha value is -3.63. The standard InChI is InChI=1S/C33H39N3O6/c1-33(2,3)42-31(39)28-7-5-17-36(28)20-27-18-29(23-10-8-22(21-37)9-11-23)41-32(40-27)24-12-14-26(15-13-24)35-30(38)25-6-4-16-34-19-25/h4,6,8-16,19,27-29,32,37H,5,7,17-18,20-21H2,1-3H3,(H,35,38)/t27-,28-,29+,32+/m0/s1. The number of likely N-dealkylation sites (tertiary alicyclic amines) is 1. The van der Waals surface area contributed by atoms with Gasteiger partial charge in [-0.1, -0.05) is 36.4 Å². The van der Waals surface area contributed by atoms with E-state index in [0.717, 1.165) is 36.1 Å². The molecular formula is C33H39N3O6. The van der Waals surface area contributed by atoms with E-state index >= 15 is 0 Å². The molecule has 5 rings (SSSR count). The zero-order chi connectivity index (χ0) is 29.7. The first-order valence-corrected chi connectivity index (χ1v) is 14.5. The third-order valence-corrected chi connectivity index (χ3v) is 7.46. The summed E-state index contributed by atoms with van der Waals surface area (Å²) in [6, 6.07) is 18.3. The Morgan fingerprint density at radius 3 is 2.45 bits per heavy atom. The molecule has 9 heteroatoms. The van der Waals surface area contributed by atoms with E-state index in [1.165, 1.54) is 6.20 Å². The van der Waals surface area contributed by atoms with Crippen LogP contribution in [0.1, 0.15) is 79.5 Å². The Balaban J connectivity index is 1.32. The summed E-state index contributed by atoms with van der Waals surface area (Å²) in [5.41, 5.74) is 3.23. The maximum absolute atomic E-state index is 13.0. The molecule has 2 aliphatic rings. The van der Waals surface area contributed by atoms with Crippen molar-refractivity contribution in [2.45, 2.75) is 76.8 Å². The van der Waals surface area contributed by atoms with E-state index in [-0.39, 0.29) is 36.7 Å². The molecular weight excluding hydrogens is 534 g/mol. The van der Waals surface area contributed by atoms with Gasteiger partial charge in [-0.2, -0.15) is 0 Å². The number of nitrogens with zero attached hydrogens (tertiary/aromatic N) is 2. The molecule has 9 nitrogen and oxygen atoms in total. The highest BCUT2D eigenvalue weighted by atomic mass is 16.7. The molecule has 222 valence electrons. The van der Waals surface area contributed by atoms with Crippen LogP contribution in [-0.2, 0) is 25.6 Å². The molecule has 0 aliphatic carbocycles. The summed E-state index contributed by atoms with van der Waals surface area (Å²) >= 11 is 0. The van der Waals surface area contributed by atoms with Gasteiger partial charge in [0.25, 0.3) is 5.91 Å². The number of esters is 1. The van der Waals surface area contributed by atoms with Gasteiger partial charge in [0.15, 0.2) is 6.29 Å². The van der Waals surface area contributed by atoms with Crippen LogP contribution in [0.4, 0.5) is 5.69 Å². The average Bonchev–Trinajstić information content (AvgIpc) is 3.45. The van der Waals surface area contributed by atoms with E-state index < -0.39 is 11.9 Å². The van der Waals surface area contributed by atoms with E-state index in [0.29, 0.717) is 24.2 Å². The lowest BCUT2D eigenvalue weighted by molar-refractivity contribution is -0.253. The van der Waals surface area contributed by atoms with E-state index in [4.69, 9.17) is 14.2 Å². The quantitative estimate of drug-likeness (QED) is 0.355. The molecule has 0 unspecified atom stereocenters. The summed E-state index contributed by atoms with van der Waals surface area (Å²) in [4.78, 5) is 31.7. The summed E-state index contributed by atoms with van der Waals surface area (Å²) in [5, 5.41) is 12.4. The number of pyridine rings is 1. The number of rotatable bonds is 8. The van der Waals surface area contributed by atoms with Crippen LogP contribution >= 0.6 is 0 Å². The lowest BCUT2D eigenvalue weighted by Crippen LogP contribution is -2.45. The van der Waals surface area contributed by atoms with Crippen molar-refractivity contribution < 1.29 is 28.9 Å². The SMILES string of the molecule is CC(C)(C)OC(=O)[C@@H]1CCCN1C[C@@H]1C[C@H](c2ccc(CO)cc2)O[C@H](c2ccc(NC(=O)c3cccnc3)cc2)O1. The van der Waals surface area contributed by atoms with E-state index in [9.17, 15) is 14.7 Å². The zero-order valence-electron chi connectivity index (χ0n) is 24.4. The Labute approximate surface area is 246 Å². The maximum atomic E-state index is 13.0. The highest BCUT2D eigenvalue weighted by Crippen LogP contribution is 2.39. The van der Waals surface area contributed by atoms with Crippen LogP contribution in [0.2, 0.25) is 0 Å². The fourth-order valence-corrected chi connectivity index (χ4v) is 5.40. The van der Waals surface area contributed by atoms with Gasteiger partial charge in [-0.05, 0) is 75.5 Å². The van der Waals surface area contributed by atoms with Crippen molar-refractivity contribution >= 4 is 17.6 Å². The smallest absolute Gasteiger partial charge is 0.323 e. The summed E-state index contributed by atoms with van der Waals surface area (Å²) < 4.78 is 18.7. The van der Waals surface area contributed by atoms with Crippen molar-refractivity contribution in [1.82, 2.24) is 9.88 Å². The second-order valence-corrected chi connectivity index (χ2v) is 11.9. The van der Waals surface area contributed by atoms with Crippen molar-refractivity contribution in [2.75, 3.05) is 18.4 Å². The molecule has 0 saturated carbocycles. The molecule has 2 aromatic carbocycles. The minimum absolute atomic E-state index is 0.0230. The second-order valence-electron chi connectivity index (χ2n) is 11.9. The van der Waals surface area contributed by atoms with Gasteiger partial charge in [0.2, 0.25) is 0 Å². The molecule has 42 heavy (non-hydrogen) atoms. The molecule has 1 aromatic heterocycles. The second kappa shape index (κ2) is 13.1. The van der Waals surface area contributed by atoms with Crippen molar-refractivity contribution in [3.05, 3.63) is 95.3 Å². The van der Waals surface area contributed by atoms with Gasteiger partial charge < -0.3 is 24.6 Å². The van der Waals surface area contributed by atoms with Gasteiger partial charge in [-0.15, -0.1) is 0 Å². The largest absolute Gasteiger partial charge is 0.459 e. The molecule has 3 heterocycles. The Bertz CT molecular complexity index is 1340. The molecule has 2 N–H and O–H groups in total. The highest BCUT2D eigenvalue weighted by Gasteiger charge is 2.38. The number of carbonyl (C=O) groups is 2. The van der Waals surface area contributed by atoms with Gasteiger partial charge in [0, 0.05) is 36.6 Å². The average molecular weight is 574 g/mol. The summed E-state index contributed by atoms with van der Waals surface area (Å²) in [5.74, 6) is -0.429. The van der Waals surface area contributed by atoms with Crippen molar-refractivity contribution in [3.63, 3.8) is 0 Å². The summed E-state index contributed by atoms with van der Waals surface area (Å²) in [6.45, 7) is 7.02. The van der Waals surface area contributed by atoms with E-state index in [2.05, 4.69) is 15.2 Å². The molecule has 2 fully saturated rings. The monoisotopic (exact) mass is 573 g/mol. The molecule has 0 bridgehead atoms. The van der Waals surface area contributed by atoms with Crippen molar-refractivity contribution in [3.8, 4) is 0 Å². The van der Waals surface area contributed by atoms with E-state index in [1.54, 1.807) is 18.3 Å². The number of hydrogen-bond donors (Lipinski definition) is 2. The Morgan fingerprint density at radius 2 is 1.79 bits per heavy atom. The number of ether oxygens (including phenoxy) is 3. The third kappa shape index (κ3) is 7.60. The van der Waals surface area contributed by atoms with Gasteiger partial charge in [-0.3, -0.25) is 19.5 Å². The topological polar surface area (TPSA) is 110 Å². The molecule has 2 aliphatic heterocycles. The molecule has 0 radical (unpaired) electrons. The van der Waals surface area contributed by atoms with Gasteiger partial charge in [0.05, 0.1) is 24.4 Å². The van der Waals surface area contributed by atoms with Gasteiger partial charge >= 0.3 is 5.97 Å². The van der Waals surface area contributed by atoms with Gasteiger partial charge in [-0.25, -0.2) is 0 Å². The number of aliphatic hydroxyl groups is 1. The van der Waals surface area contributed by atoms with Crippen LogP contribution in [0.15, 0.2) is 73.1 Å². The number of aromatic nitrogens is 1. The Kier molecular flexibility index (Phi) is 9.33. The molecule has 0 spiro atoms. The first-order valence-electron chi connectivity index (χ1n) is 14.5. The van der Waals surface area contributed by atoms with Gasteiger partial charge in [0.1, 0.15) is 11.6 Å². The van der Waals surface area contributed by atoms with Crippen LogP contribution in [0.5, 0.6) is 0 Å². The van der Waals surface area contributed by atoms with Crippen LogP contribution in [0.25, 0.3) is 0 Å². The van der Waals surface area contributed by atoms with Crippen LogP contribution < -0.4 is 5.32 Å². The van der Waals surface area contributed by atoms with E-state index in [1.807, 2.05) is 69.3 Å². The first kappa shape index (κ1) is 29.8. The predicted molar refractivity (Wildman–Crippen MR) is 157 cm³/mol. The number of benzene rings is 2. The minimum atomic E-state index is -0.642. The van der Waals surface area contributed by atoms with Crippen molar-refractivity contribution in [2.24, 2.45) is 0 Å². The van der Waals surface area contributed by atoms with Crippen LogP contribution in [0, 0.1) is 0 Å². The fraction of sp³-hybridized carbons (Fsp3) is 0.424. The maximum Gasteiger partial charge on any atom is 0.323 e. The van der Waals surface area contributed by atoms with Crippen LogP contribution in [0.3, 0.4) is 0 Å². The number of hydrogen-bond acceptors (Lipinski definition) is 8. The number of nitrogens with one attached hydrogen (secondary N) is 1. The Morgan fingerprint density at radius 1 is 1.05 bits per heavy atom. The molecule has 3 aromatic rings.